The number of ether oxygens (including phenoxy) is 2. The first-order chi connectivity index (χ1) is 16.7. The van der Waals surface area contributed by atoms with E-state index in [2.05, 4.69) is 4.98 Å². The highest BCUT2D eigenvalue weighted by Crippen LogP contribution is 2.30. The number of alkyl halides is 3. The standard InChI is InChI=1S/C25H28F3N3O4/c1-17(22-29-21-11-5-4-10-20(21)24(33)31(22)13-15-35-3)30(12-7-14-34-2)23(32)18-8-6-9-19(16-18)25(26,27)28/h4-6,8-11,16-17H,7,12-15H2,1-3H3. The lowest BCUT2D eigenvalue weighted by Crippen LogP contribution is -2.39. The summed E-state index contributed by atoms with van der Waals surface area (Å²) >= 11 is 0. The van der Waals surface area contributed by atoms with Gasteiger partial charge in [0.15, 0.2) is 0 Å². The smallest absolute Gasteiger partial charge is 0.385 e. The minimum Gasteiger partial charge on any atom is -0.385 e. The van der Waals surface area contributed by atoms with E-state index in [1.165, 1.54) is 35.8 Å². The molecule has 188 valence electrons. The number of aromatic nitrogens is 2. The molecule has 35 heavy (non-hydrogen) atoms. The van der Waals surface area contributed by atoms with Crippen LogP contribution in [0.4, 0.5) is 13.2 Å². The maximum atomic E-state index is 13.5. The van der Waals surface area contributed by atoms with E-state index in [9.17, 15) is 22.8 Å². The number of hydrogen-bond acceptors (Lipinski definition) is 5. The van der Waals surface area contributed by atoms with Crippen LogP contribution in [0.25, 0.3) is 10.9 Å². The minimum atomic E-state index is -4.58. The molecule has 3 rings (SSSR count). The number of benzene rings is 2. The molecule has 1 unspecified atom stereocenters. The third kappa shape index (κ3) is 6.07. The Bertz CT molecular complexity index is 1230. The molecule has 0 radical (unpaired) electrons. The fourth-order valence-corrected chi connectivity index (χ4v) is 3.89. The molecule has 1 amide bonds. The molecule has 0 spiro atoms. The highest BCUT2D eigenvalue weighted by molar-refractivity contribution is 5.94. The monoisotopic (exact) mass is 491 g/mol. The second-order valence-corrected chi connectivity index (χ2v) is 8.04. The SMILES string of the molecule is COCCCN(C(=O)c1cccc(C(F)(F)F)c1)C(C)c1nc2ccccc2c(=O)n1CCOC. The molecule has 2 aromatic carbocycles. The third-order valence-electron chi connectivity index (χ3n) is 5.70. The Hall–Kier alpha value is -3.24. The van der Waals surface area contributed by atoms with Gasteiger partial charge < -0.3 is 14.4 Å². The van der Waals surface area contributed by atoms with E-state index in [0.29, 0.717) is 29.8 Å². The molecule has 0 bridgehead atoms. The van der Waals surface area contributed by atoms with Crippen LogP contribution in [0.3, 0.4) is 0 Å². The van der Waals surface area contributed by atoms with Crippen molar-refractivity contribution in [2.45, 2.75) is 32.1 Å². The van der Waals surface area contributed by atoms with Crippen molar-refractivity contribution in [3.63, 3.8) is 0 Å². The van der Waals surface area contributed by atoms with Gasteiger partial charge in [0.2, 0.25) is 0 Å². The lowest BCUT2D eigenvalue weighted by molar-refractivity contribution is -0.137. The zero-order chi connectivity index (χ0) is 25.6. The molecule has 1 atom stereocenters. The fraction of sp³-hybridized carbons (Fsp3) is 0.400. The van der Waals surface area contributed by atoms with E-state index in [1.54, 1.807) is 31.2 Å². The van der Waals surface area contributed by atoms with Gasteiger partial charge in [-0.05, 0) is 43.7 Å². The predicted octanol–water partition coefficient (Wildman–Crippen LogP) is 4.30. The van der Waals surface area contributed by atoms with Crippen LogP contribution in [-0.4, -0.2) is 54.3 Å². The molecule has 0 saturated heterocycles. The summed E-state index contributed by atoms with van der Waals surface area (Å²) in [4.78, 5) is 32.8. The van der Waals surface area contributed by atoms with Gasteiger partial charge in [0.25, 0.3) is 11.5 Å². The second-order valence-electron chi connectivity index (χ2n) is 8.04. The Kier molecular flexibility index (Phi) is 8.63. The van der Waals surface area contributed by atoms with Crippen LogP contribution >= 0.6 is 0 Å². The average Bonchev–Trinajstić information content (AvgIpc) is 2.85. The summed E-state index contributed by atoms with van der Waals surface area (Å²) < 4.78 is 51.5. The number of amides is 1. The van der Waals surface area contributed by atoms with Crippen molar-refractivity contribution < 1.29 is 27.4 Å². The summed E-state index contributed by atoms with van der Waals surface area (Å²) in [6, 6.07) is 10.5. The quantitative estimate of drug-likeness (QED) is 0.396. The molecule has 0 N–H and O–H groups in total. The van der Waals surface area contributed by atoms with Crippen molar-refractivity contribution in [1.82, 2.24) is 14.5 Å². The van der Waals surface area contributed by atoms with Gasteiger partial charge >= 0.3 is 6.18 Å². The lowest BCUT2D eigenvalue weighted by atomic mass is 10.1. The Morgan fingerprint density at radius 2 is 1.80 bits per heavy atom. The molecule has 0 fully saturated rings. The summed E-state index contributed by atoms with van der Waals surface area (Å²) in [6.07, 6.45) is -4.13. The Labute approximate surface area is 201 Å². The predicted molar refractivity (Wildman–Crippen MR) is 125 cm³/mol. The van der Waals surface area contributed by atoms with E-state index < -0.39 is 23.7 Å². The topological polar surface area (TPSA) is 73.7 Å². The van der Waals surface area contributed by atoms with Gasteiger partial charge in [-0.1, -0.05) is 18.2 Å². The number of methoxy groups -OCH3 is 2. The van der Waals surface area contributed by atoms with E-state index in [-0.39, 0.29) is 30.8 Å². The van der Waals surface area contributed by atoms with E-state index in [1.807, 2.05) is 0 Å². The maximum Gasteiger partial charge on any atom is 0.416 e. The van der Waals surface area contributed by atoms with Crippen LogP contribution in [-0.2, 0) is 22.2 Å². The van der Waals surface area contributed by atoms with Crippen LogP contribution in [0.5, 0.6) is 0 Å². The van der Waals surface area contributed by atoms with Crippen LogP contribution in [0.15, 0.2) is 53.3 Å². The number of hydrogen-bond donors (Lipinski definition) is 0. The van der Waals surface area contributed by atoms with Gasteiger partial charge in [0.05, 0.1) is 35.7 Å². The molecule has 0 saturated carbocycles. The van der Waals surface area contributed by atoms with Gasteiger partial charge in [-0.15, -0.1) is 0 Å². The van der Waals surface area contributed by atoms with Gasteiger partial charge in [0, 0.05) is 32.9 Å². The summed E-state index contributed by atoms with van der Waals surface area (Å²) in [5, 5.41) is 0.426. The molecule has 1 heterocycles. The molecule has 0 aliphatic heterocycles. The van der Waals surface area contributed by atoms with Crippen molar-refractivity contribution in [2.24, 2.45) is 0 Å². The Morgan fingerprint density at radius 3 is 2.49 bits per heavy atom. The summed E-state index contributed by atoms with van der Waals surface area (Å²) in [5.74, 6) is -0.274. The molecule has 0 aliphatic rings. The zero-order valence-corrected chi connectivity index (χ0v) is 19.8. The van der Waals surface area contributed by atoms with Crippen molar-refractivity contribution in [3.05, 3.63) is 75.8 Å². The first kappa shape index (κ1) is 26.4. The van der Waals surface area contributed by atoms with Crippen LogP contribution in [0.2, 0.25) is 0 Å². The van der Waals surface area contributed by atoms with Crippen molar-refractivity contribution in [1.29, 1.82) is 0 Å². The van der Waals surface area contributed by atoms with Gasteiger partial charge in [-0.2, -0.15) is 13.2 Å². The van der Waals surface area contributed by atoms with E-state index in [0.717, 1.165) is 12.1 Å². The summed E-state index contributed by atoms with van der Waals surface area (Å²) in [7, 11) is 3.03. The fourth-order valence-electron chi connectivity index (χ4n) is 3.89. The van der Waals surface area contributed by atoms with Crippen LogP contribution in [0.1, 0.15) is 41.1 Å². The first-order valence-electron chi connectivity index (χ1n) is 11.1. The van der Waals surface area contributed by atoms with E-state index >= 15 is 0 Å². The highest BCUT2D eigenvalue weighted by atomic mass is 19.4. The van der Waals surface area contributed by atoms with E-state index in [4.69, 9.17) is 9.47 Å². The Morgan fingerprint density at radius 1 is 1.09 bits per heavy atom. The summed E-state index contributed by atoms with van der Waals surface area (Å²) in [6.45, 7) is 2.69. The van der Waals surface area contributed by atoms with Crippen molar-refractivity contribution in [3.8, 4) is 0 Å². The second kappa shape index (κ2) is 11.5. The molecule has 0 aliphatic carbocycles. The lowest BCUT2D eigenvalue weighted by Gasteiger charge is -2.31. The normalized spacial score (nSPS) is 12.6. The van der Waals surface area contributed by atoms with Crippen molar-refractivity contribution in [2.75, 3.05) is 34.0 Å². The number of nitrogens with zero attached hydrogens (tertiary/aromatic N) is 3. The van der Waals surface area contributed by atoms with Crippen LogP contribution in [0, 0.1) is 0 Å². The minimum absolute atomic E-state index is 0.101. The molecule has 3 aromatic rings. The molecule has 7 nitrogen and oxygen atoms in total. The number of carbonyl (C=O) groups excluding carboxylic acids is 1. The molecular weight excluding hydrogens is 463 g/mol. The number of fused-ring (bicyclic) bond motifs is 1. The van der Waals surface area contributed by atoms with Crippen LogP contribution < -0.4 is 5.56 Å². The zero-order valence-electron chi connectivity index (χ0n) is 19.8. The van der Waals surface area contributed by atoms with Gasteiger partial charge in [-0.25, -0.2) is 4.98 Å². The summed E-state index contributed by atoms with van der Waals surface area (Å²) in [5.41, 5.74) is -0.821. The van der Waals surface area contributed by atoms with Gasteiger partial charge in [0.1, 0.15) is 5.82 Å². The highest BCUT2D eigenvalue weighted by Gasteiger charge is 2.32. The largest absolute Gasteiger partial charge is 0.416 e. The number of halogens is 3. The molecular formula is C25H28F3N3O4. The van der Waals surface area contributed by atoms with Crippen molar-refractivity contribution >= 4 is 16.8 Å². The maximum absolute atomic E-state index is 13.5. The Balaban J connectivity index is 2.09. The average molecular weight is 492 g/mol. The third-order valence-corrected chi connectivity index (χ3v) is 5.70. The molecule has 1 aromatic heterocycles. The first-order valence-corrected chi connectivity index (χ1v) is 11.1. The number of para-hydroxylation sites is 1. The molecule has 10 heteroatoms. The number of carbonyl (C=O) groups is 1. The van der Waals surface area contributed by atoms with Gasteiger partial charge in [-0.3, -0.25) is 14.2 Å². The number of rotatable bonds is 10.